The van der Waals surface area contributed by atoms with Crippen molar-refractivity contribution in [1.29, 1.82) is 0 Å². The topological polar surface area (TPSA) is 114 Å². The number of nitrogens with one attached hydrogen (secondary N) is 2. The van der Waals surface area contributed by atoms with Crippen LogP contribution in [-0.4, -0.2) is 20.9 Å². The minimum atomic E-state index is -0.427. The number of carbonyl (C=O) groups is 1. The number of thiocarbonyl (C=S) groups is 1. The fourth-order valence-electron chi connectivity index (χ4n) is 4.33. The number of carbonyl (C=O) groups excluding carboxylic acids is 1. The molecule has 10 heteroatoms. The normalized spacial score (nSPS) is 17.0. The van der Waals surface area contributed by atoms with Gasteiger partial charge in [0.15, 0.2) is 5.11 Å². The standard InChI is InChI=1S/C26H21N5O4S/c1-16(32)28-17-9-11-18(12-10-17)30-25(24(29-26(30)36)20-7-4-5-15-27-20)23-14-13-22(35-23)19-6-2-3-8-21(19)31(33)34/h2-15,24-25H,1H3,(H,28,32)(H,29,36)/t24-,25-/m1/s1. The fourth-order valence-corrected chi connectivity index (χ4v) is 4.67. The number of benzene rings is 2. The Kier molecular flexibility index (Phi) is 6.17. The molecule has 1 saturated heterocycles. The van der Waals surface area contributed by atoms with Gasteiger partial charge >= 0.3 is 0 Å². The lowest BCUT2D eigenvalue weighted by Gasteiger charge is -2.26. The molecule has 5 rings (SSSR count). The molecule has 180 valence electrons. The molecule has 0 radical (unpaired) electrons. The molecule has 9 nitrogen and oxygen atoms in total. The van der Waals surface area contributed by atoms with Crippen LogP contribution in [0.15, 0.2) is 89.5 Å². The van der Waals surface area contributed by atoms with E-state index in [9.17, 15) is 14.9 Å². The molecule has 1 fully saturated rings. The zero-order valence-electron chi connectivity index (χ0n) is 19.1. The number of aromatic nitrogens is 1. The van der Waals surface area contributed by atoms with E-state index in [-0.39, 0.29) is 17.6 Å². The first-order valence-electron chi connectivity index (χ1n) is 11.1. The van der Waals surface area contributed by atoms with Crippen molar-refractivity contribution in [2.45, 2.75) is 19.0 Å². The molecule has 2 atom stereocenters. The van der Waals surface area contributed by atoms with E-state index in [1.54, 1.807) is 48.7 Å². The number of para-hydroxylation sites is 1. The van der Waals surface area contributed by atoms with Gasteiger partial charge in [0.05, 0.1) is 22.2 Å². The molecule has 0 spiro atoms. The summed E-state index contributed by atoms with van der Waals surface area (Å²) in [4.78, 5) is 29.0. The van der Waals surface area contributed by atoms with Crippen LogP contribution in [0.4, 0.5) is 17.1 Å². The Morgan fingerprint density at radius 3 is 2.53 bits per heavy atom. The third-order valence-corrected chi connectivity index (χ3v) is 6.16. The van der Waals surface area contributed by atoms with Crippen LogP contribution in [0.2, 0.25) is 0 Å². The van der Waals surface area contributed by atoms with Crippen molar-refractivity contribution < 1.29 is 14.1 Å². The lowest BCUT2D eigenvalue weighted by molar-refractivity contribution is -0.384. The van der Waals surface area contributed by atoms with Crippen LogP contribution in [0.3, 0.4) is 0 Å². The number of hydrogen-bond acceptors (Lipinski definition) is 6. The van der Waals surface area contributed by atoms with Crippen molar-refractivity contribution in [2.75, 3.05) is 10.2 Å². The molecular formula is C26H21N5O4S. The maximum atomic E-state index is 11.6. The third-order valence-electron chi connectivity index (χ3n) is 5.85. The molecular weight excluding hydrogens is 478 g/mol. The summed E-state index contributed by atoms with van der Waals surface area (Å²) in [6.45, 7) is 1.45. The number of amides is 1. The Hall–Kier alpha value is -4.57. The van der Waals surface area contributed by atoms with Crippen LogP contribution in [0, 0.1) is 10.1 Å². The van der Waals surface area contributed by atoms with Gasteiger partial charge in [0.2, 0.25) is 5.91 Å². The van der Waals surface area contributed by atoms with E-state index >= 15 is 0 Å². The Bertz CT molecular complexity index is 1440. The van der Waals surface area contributed by atoms with Gasteiger partial charge in [-0.1, -0.05) is 18.2 Å². The molecule has 1 amide bonds. The summed E-state index contributed by atoms with van der Waals surface area (Å²) in [5.74, 6) is 0.792. The Labute approximate surface area is 211 Å². The number of furan rings is 1. The number of nitrogens with zero attached hydrogens (tertiary/aromatic N) is 3. The van der Waals surface area contributed by atoms with E-state index in [2.05, 4.69) is 15.6 Å². The maximum absolute atomic E-state index is 11.6. The minimum absolute atomic E-state index is 0.0369. The highest BCUT2D eigenvalue weighted by Gasteiger charge is 2.42. The molecule has 4 aromatic rings. The lowest BCUT2D eigenvalue weighted by Crippen LogP contribution is -2.29. The zero-order chi connectivity index (χ0) is 25.2. The van der Waals surface area contributed by atoms with E-state index in [4.69, 9.17) is 16.6 Å². The number of rotatable bonds is 6. The SMILES string of the molecule is CC(=O)Nc1ccc(N2C(=S)N[C@H](c3ccccn3)[C@H]2c2ccc(-c3ccccc3[N+](=O)[O-])o2)cc1. The molecule has 2 N–H and O–H groups in total. The molecule has 1 aliphatic rings. The molecule has 0 saturated carbocycles. The molecule has 2 aromatic carbocycles. The third kappa shape index (κ3) is 4.41. The summed E-state index contributed by atoms with van der Waals surface area (Å²) in [5.41, 5.74) is 2.58. The first-order chi connectivity index (χ1) is 17.4. The van der Waals surface area contributed by atoms with E-state index in [1.807, 2.05) is 35.2 Å². The molecule has 0 aliphatic carbocycles. The molecule has 0 bridgehead atoms. The van der Waals surface area contributed by atoms with E-state index < -0.39 is 11.0 Å². The van der Waals surface area contributed by atoms with Gasteiger partial charge < -0.3 is 20.0 Å². The fraction of sp³-hybridized carbons (Fsp3) is 0.115. The van der Waals surface area contributed by atoms with Crippen LogP contribution in [-0.2, 0) is 4.79 Å². The van der Waals surface area contributed by atoms with Gasteiger partial charge in [0.1, 0.15) is 17.6 Å². The van der Waals surface area contributed by atoms with Crippen LogP contribution < -0.4 is 15.5 Å². The highest BCUT2D eigenvalue weighted by molar-refractivity contribution is 7.80. The minimum Gasteiger partial charge on any atom is -0.459 e. The van der Waals surface area contributed by atoms with Gasteiger partial charge in [0.25, 0.3) is 5.69 Å². The van der Waals surface area contributed by atoms with E-state index in [0.717, 1.165) is 11.4 Å². The number of hydrogen-bond donors (Lipinski definition) is 2. The average Bonchev–Trinajstić information content (AvgIpc) is 3.49. The van der Waals surface area contributed by atoms with Crippen LogP contribution in [0.25, 0.3) is 11.3 Å². The van der Waals surface area contributed by atoms with Crippen molar-refractivity contribution >= 4 is 40.3 Å². The highest BCUT2D eigenvalue weighted by atomic mass is 32.1. The molecule has 0 unspecified atom stereocenters. The summed E-state index contributed by atoms with van der Waals surface area (Å²) in [6.07, 6.45) is 1.71. The number of anilines is 2. The zero-order valence-corrected chi connectivity index (χ0v) is 19.9. The Morgan fingerprint density at radius 2 is 1.83 bits per heavy atom. The summed E-state index contributed by atoms with van der Waals surface area (Å²) in [7, 11) is 0. The second kappa shape index (κ2) is 9.59. The number of nitro groups is 1. The smallest absolute Gasteiger partial charge is 0.280 e. The van der Waals surface area contributed by atoms with E-state index in [1.165, 1.54) is 13.0 Å². The quantitative estimate of drug-likeness (QED) is 0.206. The summed E-state index contributed by atoms with van der Waals surface area (Å²) in [5, 5.41) is 18.1. The monoisotopic (exact) mass is 499 g/mol. The second-order valence-electron chi connectivity index (χ2n) is 8.20. The van der Waals surface area contributed by atoms with Crippen LogP contribution >= 0.6 is 12.2 Å². The van der Waals surface area contributed by atoms with Crippen LogP contribution in [0.1, 0.15) is 30.5 Å². The Morgan fingerprint density at radius 1 is 1.08 bits per heavy atom. The number of pyridine rings is 1. The average molecular weight is 500 g/mol. The first-order valence-corrected chi connectivity index (χ1v) is 11.5. The van der Waals surface area contributed by atoms with Crippen molar-refractivity contribution in [2.24, 2.45) is 0 Å². The van der Waals surface area contributed by atoms with Gasteiger partial charge in [0, 0.05) is 30.6 Å². The summed E-state index contributed by atoms with van der Waals surface area (Å²) in [6, 6.07) is 22.2. The molecule has 3 heterocycles. The predicted octanol–water partition coefficient (Wildman–Crippen LogP) is 5.39. The molecule has 1 aliphatic heterocycles. The highest BCUT2D eigenvalue weighted by Crippen LogP contribution is 2.43. The molecule has 36 heavy (non-hydrogen) atoms. The number of nitro benzene ring substituents is 1. The van der Waals surface area contributed by atoms with Gasteiger partial charge in [-0.3, -0.25) is 19.9 Å². The molecule has 2 aromatic heterocycles. The summed E-state index contributed by atoms with van der Waals surface area (Å²) < 4.78 is 6.24. The largest absolute Gasteiger partial charge is 0.459 e. The predicted molar refractivity (Wildman–Crippen MR) is 139 cm³/mol. The second-order valence-corrected chi connectivity index (χ2v) is 8.59. The van der Waals surface area contributed by atoms with Gasteiger partial charge in [-0.25, -0.2) is 0 Å². The van der Waals surface area contributed by atoms with Gasteiger partial charge in [-0.05, 0) is 66.8 Å². The van der Waals surface area contributed by atoms with Gasteiger partial charge in [-0.15, -0.1) is 0 Å². The van der Waals surface area contributed by atoms with Crippen molar-refractivity contribution in [3.05, 3.63) is 107 Å². The van der Waals surface area contributed by atoms with E-state index in [0.29, 0.717) is 27.9 Å². The first kappa shape index (κ1) is 23.2. The Balaban J connectivity index is 1.58. The van der Waals surface area contributed by atoms with Crippen LogP contribution in [0.5, 0.6) is 0 Å². The summed E-state index contributed by atoms with van der Waals surface area (Å²) >= 11 is 5.72. The van der Waals surface area contributed by atoms with Gasteiger partial charge in [-0.2, -0.15) is 0 Å². The lowest BCUT2D eigenvalue weighted by atomic mass is 10.0. The maximum Gasteiger partial charge on any atom is 0.280 e. The van der Waals surface area contributed by atoms with Crippen molar-refractivity contribution in [3.8, 4) is 11.3 Å². The van der Waals surface area contributed by atoms with Crippen molar-refractivity contribution in [1.82, 2.24) is 10.3 Å². The van der Waals surface area contributed by atoms with Crippen molar-refractivity contribution in [3.63, 3.8) is 0 Å².